The van der Waals surface area contributed by atoms with E-state index in [1.165, 1.54) is 16.9 Å². The Bertz CT molecular complexity index is 723. The van der Waals surface area contributed by atoms with Crippen LogP contribution in [0.5, 0.6) is 0 Å². The Kier molecular flexibility index (Phi) is 6.63. The van der Waals surface area contributed by atoms with Crippen LogP contribution in [0, 0.1) is 6.92 Å². The van der Waals surface area contributed by atoms with Crippen LogP contribution in [0.3, 0.4) is 0 Å². The normalized spacial score (nSPS) is 16.3. The van der Waals surface area contributed by atoms with Crippen LogP contribution < -0.4 is 0 Å². The predicted molar refractivity (Wildman–Crippen MR) is 107 cm³/mol. The van der Waals surface area contributed by atoms with Crippen LogP contribution in [0.2, 0.25) is 5.15 Å². The molecule has 0 amide bonds. The van der Waals surface area contributed by atoms with Crippen LogP contribution in [0.4, 0.5) is 0 Å². The molecule has 0 radical (unpaired) electrons. The molecule has 0 spiro atoms. The lowest BCUT2D eigenvalue weighted by Crippen LogP contribution is -2.46. The standard InChI is InChI=1S/C18H21BrClN3OS/c1-13-10-14(11-18(20)21-13)12-23-8-6-22(7-9-23)5-4-15(24)16-2-3-17(19)25-16/h2-3,10-11H,4-9,12H2,1H3. The number of aromatic nitrogens is 1. The van der Waals surface area contributed by atoms with E-state index in [1.807, 2.05) is 25.1 Å². The maximum atomic E-state index is 12.2. The molecule has 0 aromatic carbocycles. The minimum atomic E-state index is 0.236. The minimum absolute atomic E-state index is 0.236. The number of thiophene rings is 1. The number of ketones is 1. The number of hydrogen-bond donors (Lipinski definition) is 0. The summed E-state index contributed by atoms with van der Waals surface area (Å²) in [5.41, 5.74) is 2.17. The molecule has 1 aliphatic rings. The van der Waals surface area contributed by atoms with Crippen LogP contribution in [0.1, 0.15) is 27.3 Å². The molecule has 0 aliphatic carbocycles. The molecule has 1 fully saturated rings. The Hall–Kier alpha value is -0.790. The molecule has 0 bridgehead atoms. The van der Waals surface area contributed by atoms with Gasteiger partial charge in [-0.25, -0.2) is 4.98 Å². The zero-order chi connectivity index (χ0) is 17.8. The third kappa shape index (κ3) is 5.59. The Labute approximate surface area is 165 Å². The van der Waals surface area contributed by atoms with Gasteiger partial charge in [0.15, 0.2) is 5.78 Å². The van der Waals surface area contributed by atoms with Gasteiger partial charge in [-0.1, -0.05) is 11.6 Å². The fourth-order valence-electron chi connectivity index (χ4n) is 3.06. The van der Waals surface area contributed by atoms with Crippen molar-refractivity contribution >= 4 is 44.7 Å². The first-order chi connectivity index (χ1) is 12.0. The Morgan fingerprint density at radius 1 is 1.24 bits per heavy atom. The molecule has 2 aromatic rings. The van der Waals surface area contributed by atoms with E-state index in [9.17, 15) is 4.79 Å². The largest absolute Gasteiger partial charge is 0.300 e. The smallest absolute Gasteiger partial charge is 0.174 e. The van der Waals surface area contributed by atoms with E-state index < -0.39 is 0 Å². The van der Waals surface area contributed by atoms with Crippen molar-refractivity contribution in [1.82, 2.24) is 14.8 Å². The average Bonchev–Trinajstić information content (AvgIpc) is 2.99. The van der Waals surface area contributed by atoms with Crippen LogP contribution in [0.25, 0.3) is 0 Å². The summed E-state index contributed by atoms with van der Waals surface area (Å²) in [6.45, 7) is 7.73. The van der Waals surface area contributed by atoms with E-state index in [1.54, 1.807) is 0 Å². The number of halogens is 2. The van der Waals surface area contributed by atoms with Gasteiger partial charge in [0.1, 0.15) is 5.15 Å². The van der Waals surface area contributed by atoms with Crippen LogP contribution >= 0.6 is 38.9 Å². The molecule has 2 aromatic heterocycles. The molecule has 134 valence electrons. The molecule has 1 saturated heterocycles. The first kappa shape index (κ1) is 19.0. The number of hydrogen-bond acceptors (Lipinski definition) is 5. The predicted octanol–water partition coefficient (Wildman–Crippen LogP) is 4.26. The Balaban J connectivity index is 1.43. The number of Topliss-reactive ketones (excluding diaryl/α,β-unsaturated/α-hetero) is 1. The lowest BCUT2D eigenvalue weighted by atomic mass is 10.2. The Morgan fingerprint density at radius 3 is 2.60 bits per heavy atom. The highest BCUT2D eigenvalue weighted by molar-refractivity contribution is 9.11. The van der Waals surface area contributed by atoms with E-state index in [-0.39, 0.29) is 5.78 Å². The third-order valence-corrected chi connectivity index (χ3v) is 6.21. The molecule has 0 atom stereocenters. The van der Waals surface area contributed by atoms with Gasteiger partial charge in [-0.2, -0.15) is 0 Å². The summed E-state index contributed by atoms with van der Waals surface area (Å²) in [5.74, 6) is 0.236. The first-order valence-corrected chi connectivity index (χ1v) is 10.3. The monoisotopic (exact) mass is 441 g/mol. The lowest BCUT2D eigenvalue weighted by molar-refractivity contribution is 0.0926. The number of pyridine rings is 1. The molecular weight excluding hydrogens is 422 g/mol. The van der Waals surface area contributed by atoms with Crippen molar-refractivity contribution in [2.75, 3.05) is 32.7 Å². The van der Waals surface area contributed by atoms with Crippen molar-refractivity contribution < 1.29 is 4.79 Å². The Morgan fingerprint density at radius 2 is 1.96 bits per heavy atom. The van der Waals surface area contributed by atoms with Gasteiger partial charge >= 0.3 is 0 Å². The SMILES string of the molecule is Cc1cc(CN2CCN(CCC(=O)c3ccc(Br)s3)CC2)cc(Cl)n1. The number of aryl methyl sites for hydroxylation is 1. The maximum Gasteiger partial charge on any atom is 0.174 e. The highest BCUT2D eigenvalue weighted by atomic mass is 79.9. The summed E-state index contributed by atoms with van der Waals surface area (Å²) in [5, 5.41) is 0.562. The van der Waals surface area contributed by atoms with E-state index in [0.717, 1.165) is 53.6 Å². The molecule has 4 nitrogen and oxygen atoms in total. The average molecular weight is 443 g/mol. The molecule has 1 aliphatic heterocycles. The second kappa shape index (κ2) is 8.73. The highest BCUT2D eigenvalue weighted by Crippen LogP contribution is 2.23. The highest BCUT2D eigenvalue weighted by Gasteiger charge is 2.18. The molecular formula is C18H21BrClN3OS. The lowest BCUT2D eigenvalue weighted by Gasteiger charge is -2.34. The van der Waals surface area contributed by atoms with Crippen LogP contribution in [0.15, 0.2) is 28.1 Å². The van der Waals surface area contributed by atoms with E-state index >= 15 is 0 Å². The van der Waals surface area contributed by atoms with E-state index in [4.69, 9.17) is 11.6 Å². The number of carbonyl (C=O) groups is 1. The summed E-state index contributed by atoms with van der Waals surface area (Å²) in [6, 6.07) is 7.87. The van der Waals surface area contributed by atoms with Gasteiger partial charge in [0.05, 0.1) is 8.66 Å². The van der Waals surface area contributed by atoms with Gasteiger partial charge in [-0.15, -0.1) is 11.3 Å². The number of nitrogens with zero attached hydrogens (tertiary/aromatic N) is 3. The van der Waals surface area contributed by atoms with Crippen molar-refractivity contribution in [2.45, 2.75) is 19.9 Å². The quantitative estimate of drug-likeness (QED) is 0.495. The zero-order valence-electron chi connectivity index (χ0n) is 14.2. The molecule has 0 unspecified atom stereocenters. The summed E-state index contributed by atoms with van der Waals surface area (Å²) in [6.07, 6.45) is 0.589. The molecule has 0 N–H and O–H groups in total. The van der Waals surface area contributed by atoms with Crippen LogP contribution in [-0.4, -0.2) is 53.3 Å². The summed E-state index contributed by atoms with van der Waals surface area (Å²) in [4.78, 5) is 22.1. The first-order valence-electron chi connectivity index (χ1n) is 8.36. The molecule has 3 heterocycles. The second-order valence-electron chi connectivity index (χ2n) is 6.33. The van der Waals surface area contributed by atoms with Crippen LogP contribution in [-0.2, 0) is 6.54 Å². The van der Waals surface area contributed by atoms with Crippen molar-refractivity contribution in [3.63, 3.8) is 0 Å². The van der Waals surface area contributed by atoms with Gasteiger partial charge < -0.3 is 4.90 Å². The summed E-state index contributed by atoms with van der Waals surface area (Å²) >= 11 is 11.0. The van der Waals surface area contributed by atoms with E-state index in [0.29, 0.717) is 11.6 Å². The van der Waals surface area contributed by atoms with E-state index in [2.05, 4.69) is 36.8 Å². The summed E-state index contributed by atoms with van der Waals surface area (Å²) in [7, 11) is 0. The van der Waals surface area contributed by atoms with Crippen molar-refractivity contribution in [3.05, 3.63) is 49.3 Å². The van der Waals surface area contributed by atoms with Crippen molar-refractivity contribution in [2.24, 2.45) is 0 Å². The number of carbonyl (C=O) groups excluding carboxylic acids is 1. The topological polar surface area (TPSA) is 36.4 Å². The minimum Gasteiger partial charge on any atom is -0.300 e. The van der Waals surface area contributed by atoms with Gasteiger partial charge in [0.25, 0.3) is 0 Å². The maximum absolute atomic E-state index is 12.2. The van der Waals surface area contributed by atoms with Gasteiger partial charge in [-0.05, 0) is 52.7 Å². The van der Waals surface area contributed by atoms with Crippen molar-refractivity contribution in [1.29, 1.82) is 0 Å². The summed E-state index contributed by atoms with van der Waals surface area (Å²) < 4.78 is 1.01. The molecule has 0 saturated carbocycles. The van der Waals surface area contributed by atoms with Crippen molar-refractivity contribution in [3.8, 4) is 0 Å². The molecule has 25 heavy (non-hydrogen) atoms. The number of rotatable bonds is 6. The molecule has 7 heteroatoms. The molecule has 3 rings (SSSR count). The number of piperazine rings is 1. The zero-order valence-corrected chi connectivity index (χ0v) is 17.3. The van der Waals surface area contributed by atoms with Gasteiger partial charge in [0, 0.05) is 51.4 Å². The fraction of sp³-hybridized carbons (Fsp3) is 0.444. The second-order valence-corrected chi connectivity index (χ2v) is 9.18. The fourth-order valence-corrected chi connectivity index (χ4v) is 4.69. The third-order valence-electron chi connectivity index (χ3n) is 4.36. The van der Waals surface area contributed by atoms with Gasteiger partial charge in [0.2, 0.25) is 0 Å². The van der Waals surface area contributed by atoms with Gasteiger partial charge in [-0.3, -0.25) is 9.69 Å².